The third-order valence-electron chi connectivity index (χ3n) is 4.08. The van der Waals surface area contributed by atoms with Crippen molar-refractivity contribution in [2.24, 2.45) is 7.05 Å². The maximum absolute atomic E-state index is 5.83. The Morgan fingerprint density at radius 2 is 2.19 bits per heavy atom. The normalized spacial score (nSPS) is 19.5. The molecule has 0 saturated carbocycles. The van der Waals surface area contributed by atoms with Crippen LogP contribution < -0.4 is 10.2 Å². The van der Waals surface area contributed by atoms with Crippen molar-refractivity contribution >= 4 is 5.82 Å². The fourth-order valence-electron chi connectivity index (χ4n) is 3.10. The van der Waals surface area contributed by atoms with E-state index in [2.05, 4.69) is 43.0 Å². The van der Waals surface area contributed by atoms with Crippen LogP contribution in [0.25, 0.3) is 0 Å². The number of hydrogen-bond acceptors (Lipinski definition) is 4. The summed E-state index contributed by atoms with van der Waals surface area (Å²) in [6.07, 6.45) is 2.71. The highest BCUT2D eigenvalue weighted by Crippen LogP contribution is 2.27. The molecular formula is C16H30N4O. The lowest BCUT2D eigenvalue weighted by Gasteiger charge is -2.34. The van der Waals surface area contributed by atoms with Crippen LogP contribution in [-0.2, 0) is 18.3 Å². The molecule has 1 N–H and O–H groups in total. The fraction of sp³-hybridized carbons (Fsp3) is 0.812. The zero-order chi connectivity index (χ0) is 15.4. The molecule has 1 aliphatic heterocycles. The Labute approximate surface area is 128 Å². The number of anilines is 1. The highest BCUT2D eigenvalue weighted by atomic mass is 16.5. The molecule has 2 rings (SSSR count). The van der Waals surface area contributed by atoms with E-state index < -0.39 is 0 Å². The SMILES string of the molecule is CCOC1CCCN(c2c(CNC(C)C)c(C)nn2C)C1. The third-order valence-corrected chi connectivity index (χ3v) is 4.08. The summed E-state index contributed by atoms with van der Waals surface area (Å²) in [4.78, 5) is 2.45. The van der Waals surface area contributed by atoms with E-state index in [9.17, 15) is 0 Å². The van der Waals surface area contributed by atoms with Gasteiger partial charge in [-0.05, 0) is 26.7 Å². The lowest BCUT2D eigenvalue weighted by Crippen LogP contribution is -2.41. The van der Waals surface area contributed by atoms with Crippen molar-refractivity contribution in [1.82, 2.24) is 15.1 Å². The van der Waals surface area contributed by atoms with Crippen molar-refractivity contribution in [1.29, 1.82) is 0 Å². The number of nitrogens with one attached hydrogen (secondary N) is 1. The molecule has 1 atom stereocenters. The van der Waals surface area contributed by atoms with Crippen LogP contribution in [-0.4, -0.2) is 41.6 Å². The van der Waals surface area contributed by atoms with Gasteiger partial charge in [-0.1, -0.05) is 13.8 Å². The summed E-state index contributed by atoms with van der Waals surface area (Å²) in [7, 11) is 2.05. The molecule has 1 aromatic rings. The number of rotatable bonds is 6. The monoisotopic (exact) mass is 294 g/mol. The van der Waals surface area contributed by atoms with Crippen molar-refractivity contribution in [2.75, 3.05) is 24.6 Å². The molecule has 1 fully saturated rings. The summed E-state index contributed by atoms with van der Waals surface area (Å²) in [5.74, 6) is 1.25. The predicted octanol–water partition coefficient (Wildman–Crippen LogP) is 2.23. The Morgan fingerprint density at radius 1 is 1.43 bits per heavy atom. The van der Waals surface area contributed by atoms with E-state index in [4.69, 9.17) is 4.74 Å². The van der Waals surface area contributed by atoms with Crippen LogP contribution >= 0.6 is 0 Å². The van der Waals surface area contributed by atoms with Gasteiger partial charge in [0.05, 0.1) is 11.8 Å². The topological polar surface area (TPSA) is 42.3 Å². The van der Waals surface area contributed by atoms with Gasteiger partial charge >= 0.3 is 0 Å². The van der Waals surface area contributed by atoms with Gasteiger partial charge in [0, 0.05) is 44.9 Å². The Kier molecular flexibility index (Phi) is 5.65. The number of piperidine rings is 1. The predicted molar refractivity (Wildman–Crippen MR) is 86.8 cm³/mol. The highest BCUT2D eigenvalue weighted by molar-refractivity contribution is 5.50. The average molecular weight is 294 g/mol. The van der Waals surface area contributed by atoms with E-state index in [1.165, 1.54) is 24.2 Å². The van der Waals surface area contributed by atoms with Gasteiger partial charge in [0.15, 0.2) is 0 Å². The van der Waals surface area contributed by atoms with Crippen molar-refractivity contribution in [3.05, 3.63) is 11.3 Å². The summed E-state index contributed by atoms with van der Waals surface area (Å²) < 4.78 is 7.86. The van der Waals surface area contributed by atoms with Gasteiger partial charge in [-0.15, -0.1) is 0 Å². The molecular weight excluding hydrogens is 264 g/mol. The Hall–Kier alpha value is -1.07. The lowest BCUT2D eigenvalue weighted by molar-refractivity contribution is 0.0523. The molecule has 1 aliphatic rings. The van der Waals surface area contributed by atoms with Crippen molar-refractivity contribution < 1.29 is 4.74 Å². The van der Waals surface area contributed by atoms with Crippen LogP contribution in [0.2, 0.25) is 0 Å². The lowest BCUT2D eigenvalue weighted by atomic mass is 10.1. The first kappa shape index (κ1) is 16.3. The molecule has 0 aromatic carbocycles. The number of hydrogen-bond donors (Lipinski definition) is 1. The quantitative estimate of drug-likeness (QED) is 0.873. The van der Waals surface area contributed by atoms with Gasteiger partial charge in [-0.3, -0.25) is 4.68 Å². The maximum atomic E-state index is 5.83. The van der Waals surface area contributed by atoms with E-state index in [-0.39, 0.29) is 0 Å². The molecule has 0 aliphatic carbocycles. The minimum atomic E-state index is 0.352. The second-order valence-electron chi connectivity index (χ2n) is 6.21. The molecule has 1 aromatic heterocycles. The molecule has 0 radical (unpaired) electrons. The first-order valence-electron chi connectivity index (χ1n) is 8.15. The van der Waals surface area contributed by atoms with Crippen molar-refractivity contribution in [2.45, 2.75) is 59.2 Å². The molecule has 21 heavy (non-hydrogen) atoms. The Balaban J connectivity index is 2.17. The van der Waals surface area contributed by atoms with E-state index in [0.29, 0.717) is 12.1 Å². The number of ether oxygens (including phenoxy) is 1. The van der Waals surface area contributed by atoms with Crippen molar-refractivity contribution in [3.63, 3.8) is 0 Å². The molecule has 0 amide bonds. The van der Waals surface area contributed by atoms with Gasteiger partial charge in [0.1, 0.15) is 5.82 Å². The molecule has 0 bridgehead atoms. The van der Waals surface area contributed by atoms with E-state index in [1.807, 2.05) is 11.7 Å². The molecule has 0 spiro atoms. The van der Waals surface area contributed by atoms with E-state index >= 15 is 0 Å². The summed E-state index contributed by atoms with van der Waals surface area (Å²) >= 11 is 0. The average Bonchev–Trinajstić information content (AvgIpc) is 2.71. The molecule has 1 unspecified atom stereocenters. The van der Waals surface area contributed by atoms with Crippen molar-refractivity contribution in [3.8, 4) is 0 Å². The zero-order valence-corrected chi connectivity index (χ0v) is 14.1. The van der Waals surface area contributed by atoms with Gasteiger partial charge < -0.3 is 15.0 Å². The van der Waals surface area contributed by atoms with Crippen LogP contribution in [0.5, 0.6) is 0 Å². The van der Waals surface area contributed by atoms with Gasteiger partial charge in [-0.25, -0.2) is 0 Å². The van der Waals surface area contributed by atoms with Crippen LogP contribution in [0.3, 0.4) is 0 Å². The minimum Gasteiger partial charge on any atom is -0.377 e. The highest BCUT2D eigenvalue weighted by Gasteiger charge is 2.25. The van der Waals surface area contributed by atoms with Gasteiger partial charge in [-0.2, -0.15) is 5.10 Å². The number of nitrogens with zero attached hydrogens (tertiary/aromatic N) is 3. The second-order valence-corrected chi connectivity index (χ2v) is 6.21. The smallest absolute Gasteiger partial charge is 0.131 e. The Bertz CT molecular complexity index is 453. The third kappa shape index (κ3) is 3.98. The summed E-state index contributed by atoms with van der Waals surface area (Å²) in [5.41, 5.74) is 2.45. The molecule has 120 valence electrons. The zero-order valence-electron chi connectivity index (χ0n) is 14.1. The van der Waals surface area contributed by atoms with E-state index in [1.54, 1.807) is 0 Å². The first-order chi connectivity index (χ1) is 10.0. The number of aromatic nitrogens is 2. The van der Waals surface area contributed by atoms with Crippen LogP contribution in [0.4, 0.5) is 5.82 Å². The van der Waals surface area contributed by atoms with Gasteiger partial charge in [0.25, 0.3) is 0 Å². The first-order valence-corrected chi connectivity index (χ1v) is 8.15. The largest absolute Gasteiger partial charge is 0.377 e. The summed E-state index contributed by atoms with van der Waals surface area (Å²) in [6, 6.07) is 0.481. The van der Waals surface area contributed by atoms with E-state index in [0.717, 1.165) is 31.9 Å². The molecule has 2 heterocycles. The molecule has 5 heteroatoms. The number of aryl methyl sites for hydroxylation is 2. The summed E-state index contributed by atoms with van der Waals surface area (Å²) in [5, 5.41) is 8.15. The molecule has 1 saturated heterocycles. The second kappa shape index (κ2) is 7.27. The van der Waals surface area contributed by atoms with Gasteiger partial charge in [0.2, 0.25) is 0 Å². The minimum absolute atomic E-state index is 0.352. The summed E-state index contributed by atoms with van der Waals surface area (Å²) in [6.45, 7) is 12.3. The fourth-order valence-corrected chi connectivity index (χ4v) is 3.10. The van der Waals surface area contributed by atoms with Crippen LogP contribution in [0.15, 0.2) is 0 Å². The standard InChI is InChI=1S/C16H30N4O/c1-6-21-14-8-7-9-20(11-14)16-15(10-17-12(2)3)13(4)18-19(16)5/h12,14,17H,6-11H2,1-5H3. The molecule has 5 nitrogen and oxygen atoms in total. The Morgan fingerprint density at radius 3 is 2.86 bits per heavy atom. The maximum Gasteiger partial charge on any atom is 0.131 e. The van der Waals surface area contributed by atoms with Crippen LogP contribution in [0.1, 0.15) is 44.9 Å². The van der Waals surface area contributed by atoms with Crippen LogP contribution in [0, 0.1) is 6.92 Å².